The zero-order valence-corrected chi connectivity index (χ0v) is 12.6. The molecule has 20 heavy (non-hydrogen) atoms. The van der Waals surface area contributed by atoms with E-state index in [9.17, 15) is 9.90 Å². The van der Waals surface area contributed by atoms with E-state index in [4.69, 9.17) is 10.5 Å². The Bertz CT molecular complexity index is 337. The summed E-state index contributed by atoms with van der Waals surface area (Å²) in [5.74, 6) is 0.612. The molecule has 0 aromatic heterocycles. The highest BCUT2D eigenvalue weighted by Crippen LogP contribution is 2.31. The zero-order chi connectivity index (χ0) is 14.7. The number of aliphatic hydroxyl groups excluding tert-OH is 1. The molecule has 5 unspecified atom stereocenters. The molecule has 1 saturated carbocycles. The molecular formula is C15H28N2O3. The van der Waals surface area contributed by atoms with Crippen molar-refractivity contribution in [3.05, 3.63) is 0 Å². The predicted molar refractivity (Wildman–Crippen MR) is 77.1 cm³/mol. The Labute approximate surface area is 121 Å². The van der Waals surface area contributed by atoms with E-state index in [2.05, 4.69) is 0 Å². The van der Waals surface area contributed by atoms with Crippen LogP contribution in [0.3, 0.4) is 0 Å². The highest BCUT2D eigenvalue weighted by atomic mass is 16.5. The van der Waals surface area contributed by atoms with Gasteiger partial charge in [0.15, 0.2) is 0 Å². The third-order valence-electron chi connectivity index (χ3n) is 4.69. The molecular weight excluding hydrogens is 256 g/mol. The van der Waals surface area contributed by atoms with Crippen LogP contribution >= 0.6 is 0 Å². The van der Waals surface area contributed by atoms with Gasteiger partial charge in [-0.1, -0.05) is 13.3 Å². The number of carbonyl (C=O) groups excluding carboxylic acids is 1. The second-order valence-corrected chi connectivity index (χ2v) is 6.47. The van der Waals surface area contributed by atoms with Gasteiger partial charge in [0.05, 0.1) is 18.8 Å². The van der Waals surface area contributed by atoms with Gasteiger partial charge in [0.25, 0.3) is 0 Å². The van der Waals surface area contributed by atoms with Gasteiger partial charge in [0, 0.05) is 25.0 Å². The molecule has 1 aliphatic carbocycles. The molecule has 2 rings (SSSR count). The van der Waals surface area contributed by atoms with E-state index >= 15 is 0 Å². The SMILES string of the molecule is CC1CN(C(=O)C(C)C2CCCC(N)C2)CC(CO)O1. The number of hydrogen-bond donors (Lipinski definition) is 2. The minimum absolute atomic E-state index is 0.00865. The lowest BCUT2D eigenvalue weighted by atomic mass is 9.78. The van der Waals surface area contributed by atoms with E-state index < -0.39 is 0 Å². The van der Waals surface area contributed by atoms with Crippen molar-refractivity contribution in [3.63, 3.8) is 0 Å². The lowest BCUT2D eigenvalue weighted by Gasteiger charge is -2.39. The minimum Gasteiger partial charge on any atom is -0.394 e. The summed E-state index contributed by atoms with van der Waals surface area (Å²) in [6.45, 7) is 5.07. The van der Waals surface area contributed by atoms with E-state index in [1.165, 1.54) is 0 Å². The quantitative estimate of drug-likeness (QED) is 0.802. The van der Waals surface area contributed by atoms with Crippen LogP contribution in [0, 0.1) is 11.8 Å². The number of rotatable bonds is 3. The van der Waals surface area contributed by atoms with Crippen LogP contribution < -0.4 is 5.73 Å². The molecule has 3 N–H and O–H groups in total. The van der Waals surface area contributed by atoms with Crippen molar-refractivity contribution >= 4 is 5.91 Å². The van der Waals surface area contributed by atoms with Crippen LogP contribution in [0.5, 0.6) is 0 Å². The van der Waals surface area contributed by atoms with Crippen molar-refractivity contribution in [2.24, 2.45) is 17.6 Å². The van der Waals surface area contributed by atoms with Gasteiger partial charge >= 0.3 is 0 Å². The Balaban J connectivity index is 1.95. The first-order valence-corrected chi connectivity index (χ1v) is 7.82. The molecule has 0 bridgehead atoms. The number of nitrogens with two attached hydrogens (primary N) is 1. The van der Waals surface area contributed by atoms with E-state index in [0.29, 0.717) is 19.0 Å². The second-order valence-electron chi connectivity index (χ2n) is 6.47. The molecule has 1 heterocycles. The summed E-state index contributed by atoms with van der Waals surface area (Å²) in [6.07, 6.45) is 4.01. The van der Waals surface area contributed by atoms with Gasteiger partial charge in [-0.3, -0.25) is 4.79 Å². The van der Waals surface area contributed by atoms with Crippen LogP contribution in [0.15, 0.2) is 0 Å². The van der Waals surface area contributed by atoms with Crippen molar-refractivity contribution in [2.45, 2.75) is 57.8 Å². The molecule has 0 radical (unpaired) electrons. The molecule has 5 heteroatoms. The van der Waals surface area contributed by atoms with Crippen LogP contribution in [0.2, 0.25) is 0 Å². The monoisotopic (exact) mass is 284 g/mol. The third kappa shape index (κ3) is 3.71. The number of hydrogen-bond acceptors (Lipinski definition) is 4. The fraction of sp³-hybridized carbons (Fsp3) is 0.933. The van der Waals surface area contributed by atoms with Crippen molar-refractivity contribution in [1.82, 2.24) is 4.90 Å². The van der Waals surface area contributed by atoms with Gasteiger partial charge in [-0.15, -0.1) is 0 Å². The average molecular weight is 284 g/mol. The van der Waals surface area contributed by atoms with Gasteiger partial charge in [-0.2, -0.15) is 0 Å². The van der Waals surface area contributed by atoms with Crippen molar-refractivity contribution in [1.29, 1.82) is 0 Å². The van der Waals surface area contributed by atoms with Crippen LogP contribution in [0.1, 0.15) is 39.5 Å². The molecule has 2 fully saturated rings. The predicted octanol–water partition coefficient (Wildman–Crippen LogP) is 0.748. The maximum absolute atomic E-state index is 12.7. The van der Waals surface area contributed by atoms with Crippen molar-refractivity contribution < 1.29 is 14.6 Å². The summed E-state index contributed by atoms with van der Waals surface area (Å²) in [5.41, 5.74) is 6.03. The highest BCUT2D eigenvalue weighted by Gasteiger charge is 2.34. The van der Waals surface area contributed by atoms with Crippen LogP contribution in [-0.2, 0) is 9.53 Å². The third-order valence-corrected chi connectivity index (χ3v) is 4.69. The fourth-order valence-electron chi connectivity index (χ4n) is 3.54. The Morgan fingerprint density at radius 1 is 1.45 bits per heavy atom. The lowest BCUT2D eigenvalue weighted by Crippen LogP contribution is -2.52. The fourth-order valence-corrected chi connectivity index (χ4v) is 3.54. The molecule has 0 spiro atoms. The Morgan fingerprint density at radius 3 is 2.85 bits per heavy atom. The molecule has 1 aliphatic heterocycles. The lowest BCUT2D eigenvalue weighted by molar-refractivity contribution is -0.152. The molecule has 5 atom stereocenters. The van der Waals surface area contributed by atoms with Crippen LogP contribution in [0.25, 0.3) is 0 Å². The molecule has 1 amide bonds. The summed E-state index contributed by atoms with van der Waals surface area (Å²) >= 11 is 0. The normalized spacial score (nSPS) is 36.7. The molecule has 2 aliphatic rings. The first-order valence-electron chi connectivity index (χ1n) is 7.82. The highest BCUT2D eigenvalue weighted by molar-refractivity contribution is 5.79. The topological polar surface area (TPSA) is 75.8 Å². The number of nitrogens with zero attached hydrogens (tertiary/aromatic N) is 1. The van der Waals surface area contributed by atoms with Crippen LogP contribution in [-0.4, -0.2) is 53.9 Å². The minimum atomic E-state index is -0.247. The Morgan fingerprint density at radius 2 is 2.20 bits per heavy atom. The van der Waals surface area contributed by atoms with Gasteiger partial charge in [-0.25, -0.2) is 0 Å². The summed E-state index contributed by atoms with van der Waals surface area (Å²) in [5, 5.41) is 9.25. The largest absolute Gasteiger partial charge is 0.394 e. The van der Waals surface area contributed by atoms with E-state index in [0.717, 1.165) is 25.7 Å². The summed E-state index contributed by atoms with van der Waals surface area (Å²) in [4.78, 5) is 14.5. The molecule has 0 aromatic rings. The molecule has 5 nitrogen and oxygen atoms in total. The first kappa shape index (κ1) is 15.7. The average Bonchev–Trinajstić information content (AvgIpc) is 2.45. The Kier molecular flexibility index (Phi) is 5.41. The van der Waals surface area contributed by atoms with Crippen molar-refractivity contribution in [3.8, 4) is 0 Å². The number of carbonyl (C=O) groups is 1. The number of aliphatic hydroxyl groups is 1. The first-order chi connectivity index (χ1) is 9.51. The van der Waals surface area contributed by atoms with Gasteiger partial charge in [0.2, 0.25) is 5.91 Å². The summed E-state index contributed by atoms with van der Waals surface area (Å²) in [7, 11) is 0. The number of morpholine rings is 1. The molecule has 1 saturated heterocycles. The smallest absolute Gasteiger partial charge is 0.225 e. The van der Waals surface area contributed by atoms with Gasteiger partial charge < -0.3 is 20.5 Å². The maximum Gasteiger partial charge on any atom is 0.225 e. The van der Waals surface area contributed by atoms with E-state index in [1.807, 2.05) is 18.7 Å². The zero-order valence-electron chi connectivity index (χ0n) is 12.6. The van der Waals surface area contributed by atoms with E-state index in [-0.39, 0.29) is 36.7 Å². The number of ether oxygens (including phenoxy) is 1. The van der Waals surface area contributed by atoms with Gasteiger partial charge in [0.1, 0.15) is 0 Å². The summed E-state index contributed by atoms with van der Waals surface area (Å²) in [6, 6.07) is 0.248. The van der Waals surface area contributed by atoms with Gasteiger partial charge in [-0.05, 0) is 32.1 Å². The molecule has 116 valence electrons. The maximum atomic E-state index is 12.7. The van der Waals surface area contributed by atoms with Crippen molar-refractivity contribution in [2.75, 3.05) is 19.7 Å². The summed E-state index contributed by atoms with van der Waals surface area (Å²) < 4.78 is 5.59. The number of amides is 1. The van der Waals surface area contributed by atoms with Crippen LogP contribution in [0.4, 0.5) is 0 Å². The standard InChI is InChI=1S/C15H28N2O3/c1-10-7-17(8-14(9-18)20-10)15(19)11(2)12-4-3-5-13(16)6-12/h10-14,18H,3-9,16H2,1-2H3. The Hall–Kier alpha value is -0.650. The van der Waals surface area contributed by atoms with E-state index in [1.54, 1.807) is 0 Å². The second kappa shape index (κ2) is 6.87. The molecule has 0 aromatic carbocycles.